The zero-order valence-corrected chi connectivity index (χ0v) is 24.3. The Morgan fingerprint density at radius 3 is 2.60 bits per heavy atom. The van der Waals surface area contributed by atoms with Crippen molar-refractivity contribution in [1.29, 1.82) is 0 Å². The smallest absolute Gasteiger partial charge is 0.409 e. The van der Waals surface area contributed by atoms with Gasteiger partial charge >= 0.3 is 17.3 Å². The molecule has 0 spiro atoms. The van der Waals surface area contributed by atoms with Crippen molar-refractivity contribution in [2.24, 2.45) is 0 Å². The van der Waals surface area contributed by atoms with Crippen molar-refractivity contribution in [2.75, 3.05) is 19.7 Å². The number of piperidine rings is 1. The fourth-order valence-corrected chi connectivity index (χ4v) is 6.35. The van der Waals surface area contributed by atoms with E-state index in [-0.39, 0.29) is 35.0 Å². The number of benzene rings is 1. The number of fused-ring (bicyclic) bond motifs is 1. The number of aromatic nitrogens is 2. The van der Waals surface area contributed by atoms with Crippen LogP contribution < -0.4 is 10.6 Å². The van der Waals surface area contributed by atoms with Crippen LogP contribution in [0, 0.1) is 10.1 Å². The van der Waals surface area contributed by atoms with Crippen LogP contribution in [0.15, 0.2) is 42.6 Å². The summed E-state index contributed by atoms with van der Waals surface area (Å²) in [4.78, 5) is 37.7. The number of alkyl halides is 3. The molecule has 2 atom stereocenters. The lowest BCUT2D eigenvalue weighted by Crippen LogP contribution is -2.44. The highest BCUT2D eigenvalue weighted by Gasteiger charge is 2.35. The predicted octanol–water partition coefficient (Wildman–Crippen LogP) is 5.94. The van der Waals surface area contributed by atoms with Crippen molar-refractivity contribution < 1.29 is 32.4 Å². The van der Waals surface area contributed by atoms with Gasteiger partial charge in [-0.05, 0) is 37.0 Å². The number of amides is 2. The van der Waals surface area contributed by atoms with Crippen LogP contribution in [0.3, 0.4) is 0 Å². The van der Waals surface area contributed by atoms with Gasteiger partial charge in [-0.15, -0.1) is 0 Å². The van der Waals surface area contributed by atoms with E-state index in [0.717, 1.165) is 28.2 Å². The highest BCUT2D eigenvalue weighted by molar-refractivity contribution is 7.17. The molecule has 5 rings (SSSR count). The maximum absolute atomic E-state index is 13.1. The van der Waals surface area contributed by atoms with Gasteiger partial charge in [0.1, 0.15) is 6.17 Å². The number of hydrogen-bond acceptors (Lipinski definition) is 8. The number of carbonyl (C=O) groups is 2. The Kier molecular flexibility index (Phi) is 9.22. The van der Waals surface area contributed by atoms with Crippen LogP contribution in [0.4, 0.5) is 23.0 Å². The third kappa shape index (κ3) is 7.28. The van der Waals surface area contributed by atoms with Crippen LogP contribution in [-0.4, -0.2) is 57.5 Å². The van der Waals surface area contributed by atoms with Gasteiger partial charge in [0.25, 0.3) is 5.91 Å². The van der Waals surface area contributed by atoms with E-state index in [2.05, 4.69) is 15.7 Å². The van der Waals surface area contributed by atoms with E-state index >= 15 is 0 Å². The summed E-state index contributed by atoms with van der Waals surface area (Å²) in [5.41, 5.74) is 2.45. The van der Waals surface area contributed by atoms with Crippen molar-refractivity contribution in [3.63, 3.8) is 0 Å². The minimum Gasteiger partial charge on any atom is -0.449 e. The number of halogens is 4. The summed E-state index contributed by atoms with van der Waals surface area (Å²) in [7, 11) is 0. The second kappa shape index (κ2) is 12.9. The molecule has 4 heterocycles. The zero-order chi connectivity index (χ0) is 30.7. The molecule has 16 heteroatoms. The predicted molar refractivity (Wildman–Crippen MR) is 151 cm³/mol. The van der Waals surface area contributed by atoms with Gasteiger partial charge < -0.3 is 15.0 Å². The molecule has 2 aromatic heterocycles. The Morgan fingerprint density at radius 2 is 1.93 bits per heavy atom. The summed E-state index contributed by atoms with van der Waals surface area (Å²) in [6, 6.07) is 9.70. The molecule has 1 aromatic carbocycles. The minimum absolute atomic E-state index is 0.0701. The van der Waals surface area contributed by atoms with Crippen LogP contribution >= 0.6 is 22.9 Å². The van der Waals surface area contributed by atoms with E-state index < -0.39 is 35.7 Å². The molecular weight excluding hydrogens is 613 g/mol. The van der Waals surface area contributed by atoms with Crippen molar-refractivity contribution >= 4 is 39.9 Å². The summed E-state index contributed by atoms with van der Waals surface area (Å²) < 4.78 is 44.0. The van der Waals surface area contributed by atoms with Crippen LogP contribution in [0.2, 0.25) is 5.02 Å². The van der Waals surface area contributed by atoms with Gasteiger partial charge in [-0.2, -0.15) is 18.3 Å². The molecule has 43 heavy (non-hydrogen) atoms. The van der Waals surface area contributed by atoms with E-state index in [4.69, 9.17) is 16.3 Å². The van der Waals surface area contributed by atoms with Gasteiger partial charge in [-0.25, -0.2) is 4.79 Å². The van der Waals surface area contributed by atoms with Crippen molar-refractivity contribution in [3.8, 4) is 0 Å². The molecule has 0 aliphatic carbocycles. The van der Waals surface area contributed by atoms with E-state index in [1.165, 1.54) is 17.0 Å². The summed E-state index contributed by atoms with van der Waals surface area (Å²) in [6.07, 6.45) is -3.61. The fourth-order valence-electron chi connectivity index (χ4n) is 5.35. The molecule has 2 N–H and O–H groups in total. The Hall–Kier alpha value is -3.69. The largest absolute Gasteiger partial charge is 0.449 e. The lowest BCUT2D eigenvalue weighted by molar-refractivity contribution is -0.380. The second-order valence-corrected chi connectivity index (χ2v) is 11.8. The Bertz CT molecular complexity index is 1490. The first-order chi connectivity index (χ1) is 20.5. The Morgan fingerprint density at radius 1 is 1.19 bits per heavy atom. The summed E-state index contributed by atoms with van der Waals surface area (Å²) in [5.74, 6) is -0.476. The number of nitrogens with one attached hydrogen (secondary N) is 2. The molecule has 2 amide bonds. The molecule has 11 nitrogen and oxygen atoms in total. The van der Waals surface area contributed by atoms with Gasteiger partial charge in [0.15, 0.2) is 0 Å². The SMILES string of the molecule is O=C(NC1NC(c2ccccc2Cl)Cc2c1cnn2C1CCN(C(=O)OCCCC(F)(F)F)CC1)c1ccc([N+](=O)[O-])s1. The minimum atomic E-state index is -4.29. The average molecular weight is 641 g/mol. The number of thiophene rings is 1. The number of nitrogens with zero attached hydrogens (tertiary/aromatic N) is 4. The topological polar surface area (TPSA) is 132 Å². The van der Waals surface area contributed by atoms with Crippen LogP contribution in [-0.2, 0) is 11.2 Å². The van der Waals surface area contributed by atoms with Gasteiger partial charge in [0.2, 0.25) is 0 Å². The summed E-state index contributed by atoms with van der Waals surface area (Å²) in [5, 5.41) is 22.5. The normalized spacial score (nSPS) is 19.1. The molecule has 2 aliphatic heterocycles. The van der Waals surface area contributed by atoms with Crippen LogP contribution in [0.25, 0.3) is 0 Å². The number of likely N-dealkylation sites (tertiary alicyclic amines) is 1. The Labute approximate surface area is 253 Å². The first kappa shape index (κ1) is 30.8. The quantitative estimate of drug-likeness (QED) is 0.177. The van der Waals surface area contributed by atoms with Crippen molar-refractivity contribution in [2.45, 2.75) is 56.5 Å². The maximum atomic E-state index is 13.1. The van der Waals surface area contributed by atoms with Gasteiger partial charge in [-0.3, -0.25) is 24.9 Å². The molecule has 0 bridgehead atoms. The second-order valence-electron chi connectivity index (χ2n) is 10.3. The van der Waals surface area contributed by atoms with E-state index in [0.29, 0.717) is 37.4 Å². The number of hydrogen-bond donors (Lipinski definition) is 2. The monoisotopic (exact) mass is 640 g/mol. The lowest BCUT2D eigenvalue weighted by Gasteiger charge is -2.35. The Balaban J connectivity index is 1.30. The molecule has 0 radical (unpaired) electrons. The first-order valence-corrected chi connectivity index (χ1v) is 14.8. The highest BCUT2D eigenvalue weighted by atomic mass is 35.5. The van der Waals surface area contributed by atoms with Gasteiger partial charge in [0, 0.05) is 54.3 Å². The standard InChI is InChI=1S/C27H28ClF3N6O5S/c28-19-5-2-1-4-17(19)20-14-21-18(24(33-20)34-25(38)22-6-7-23(43-22)37(40)41)15-32-36(21)16-8-11-35(12-9-16)26(39)42-13-3-10-27(29,30)31/h1-2,4-7,15-16,20,24,33H,3,8-14H2,(H,34,38). The first-order valence-electron chi connectivity index (χ1n) is 13.6. The molecule has 2 aliphatic rings. The highest BCUT2D eigenvalue weighted by Crippen LogP contribution is 2.37. The number of carbonyl (C=O) groups excluding carboxylic acids is 2. The summed E-state index contributed by atoms with van der Waals surface area (Å²) >= 11 is 7.31. The number of nitro groups is 1. The third-order valence-corrected chi connectivity index (χ3v) is 8.84. The molecule has 2 unspecified atom stereocenters. The summed E-state index contributed by atoms with van der Waals surface area (Å²) in [6.45, 7) is 0.398. The van der Waals surface area contributed by atoms with Crippen LogP contribution in [0.5, 0.6) is 0 Å². The molecule has 1 fully saturated rings. The van der Waals surface area contributed by atoms with Crippen molar-refractivity contribution in [3.05, 3.63) is 79.4 Å². The number of rotatable bonds is 8. The van der Waals surface area contributed by atoms with Crippen LogP contribution in [0.1, 0.15) is 70.4 Å². The van der Waals surface area contributed by atoms with Gasteiger partial charge in [-0.1, -0.05) is 41.1 Å². The van der Waals surface area contributed by atoms with Gasteiger partial charge in [0.05, 0.1) is 28.6 Å². The third-order valence-electron chi connectivity index (χ3n) is 7.46. The fraction of sp³-hybridized carbons (Fsp3) is 0.444. The lowest BCUT2D eigenvalue weighted by atomic mass is 9.93. The van der Waals surface area contributed by atoms with E-state index in [9.17, 15) is 32.9 Å². The molecular formula is C27H28ClF3N6O5S. The zero-order valence-electron chi connectivity index (χ0n) is 22.7. The average Bonchev–Trinajstić information content (AvgIpc) is 3.64. The molecule has 1 saturated heterocycles. The van der Waals surface area contributed by atoms with E-state index in [1.54, 1.807) is 12.3 Å². The van der Waals surface area contributed by atoms with E-state index in [1.807, 2.05) is 22.9 Å². The number of ether oxygens (including phenoxy) is 1. The molecule has 3 aromatic rings. The van der Waals surface area contributed by atoms with Crippen molar-refractivity contribution in [1.82, 2.24) is 25.3 Å². The molecule has 0 saturated carbocycles. The molecule has 230 valence electrons. The maximum Gasteiger partial charge on any atom is 0.409 e.